The zero-order valence-electron chi connectivity index (χ0n) is 5.53. The number of carboxylic acid groups (broad SMARTS) is 2. The number of carboxylic acids is 2. The Balaban J connectivity index is 3.63. The third kappa shape index (κ3) is 8.76. The van der Waals surface area contributed by atoms with Gasteiger partial charge in [0.1, 0.15) is 0 Å². The van der Waals surface area contributed by atoms with Crippen molar-refractivity contribution in [3.05, 3.63) is 0 Å². The molecule has 0 aliphatic rings. The molecule has 0 bridgehead atoms. The first-order chi connectivity index (χ1) is 5.63. The quantitative estimate of drug-likeness (QED) is 0.365. The molecule has 4 nitrogen and oxygen atoms in total. The molecule has 0 heterocycles. The minimum Gasteiger partial charge on any atom is -0.472 e. The predicted molar refractivity (Wildman–Crippen MR) is 46.0 cm³/mol. The van der Waals surface area contributed by atoms with E-state index in [1.54, 1.807) is 0 Å². The number of hydrogen-bond acceptors (Lipinski definition) is 4. The Kier molecular flexibility index (Phi) is 5.80. The molecule has 0 saturated heterocycles. The molecule has 0 aliphatic carbocycles. The van der Waals surface area contributed by atoms with E-state index in [-0.39, 0.29) is 0 Å². The fourth-order valence-corrected chi connectivity index (χ4v) is 1.01. The van der Waals surface area contributed by atoms with E-state index >= 15 is 0 Å². The number of rotatable bonds is 1. The minimum atomic E-state index is -1.23. The van der Waals surface area contributed by atoms with Crippen molar-refractivity contribution in [3.63, 3.8) is 0 Å². The largest absolute Gasteiger partial charge is 0.472 e. The van der Waals surface area contributed by atoms with Crippen molar-refractivity contribution in [2.75, 3.05) is 0 Å². The molecule has 2 N–H and O–H groups in total. The van der Waals surface area contributed by atoms with Gasteiger partial charge in [0, 0.05) is 33.4 Å². The van der Waals surface area contributed by atoms with Gasteiger partial charge in [0.25, 0.3) is 0 Å². The lowest BCUT2D eigenvalue weighted by Crippen LogP contribution is -1.85. The van der Waals surface area contributed by atoms with Crippen molar-refractivity contribution in [2.45, 2.75) is 0 Å². The van der Waals surface area contributed by atoms with Gasteiger partial charge in [0.15, 0.2) is 0 Å². The molecule has 0 saturated carbocycles. The van der Waals surface area contributed by atoms with Crippen LogP contribution in [0.15, 0.2) is 0 Å². The van der Waals surface area contributed by atoms with Crippen LogP contribution in [0.1, 0.15) is 0 Å². The third-order valence-corrected chi connectivity index (χ3v) is 1.65. The molecular formula is C6H2O4S2. The average Bonchev–Trinajstić information content (AvgIpc) is 1.95. The van der Waals surface area contributed by atoms with Crippen molar-refractivity contribution in [1.82, 2.24) is 0 Å². The second kappa shape index (κ2) is 6.47. The highest BCUT2D eigenvalue weighted by atomic mass is 33.1. The Hall–Kier alpha value is -1.24. The highest BCUT2D eigenvalue weighted by Crippen LogP contribution is 2.16. The lowest BCUT2D eigenvalue weighted by Gasteiger charge is -1.75. The summed E-state index contributed by atoms with van der Waals surface area (Å²) in [6.07, 6.45) is 0. The smallest absolute Gasteiger partial charge is 0.382 e. The van der Waals surface area contributed by atoms with Crippen molar-refractivity contribution in [2.24, 2.45) is 0 Å². The third-order valence-electron chi connectivity index (χ3n) is 0.441. The van der Waals surface area contributed by atoms with E-state index in [4.69, 9.17) is 10.2 Å². The first-order valence-electron chi connectivity index (χ1n) is 2.43. The van der Waals surface area contributed by atoms with Gasteiger partial charge >= 0.3 is 11.9 Å². The molecule has 0 radical (unpaired) electrons. The van der Waals surface area contributed by atoms with Crippen molar-refractivity contribution >= 4 is 33.5 Å². The molecule has 0 rings (SSSR count). The Bertz CT molecular complexity index is 269. The molecule has 0 amide bonds. The van der Waals surface area contributed by atoms with Crippen LogP contribution in [0.5, 0.6) is 0 Å². The van der Waals surface area contributed by atoms with Gasteiger partial charge in [-0.15, -0.1) is 0 Å². The molecule has 0 fully saturated rings. The van der Waals surface area contributed by atoms with Crippen LogP contribution in [0.25, 0.3) is 0 Å². The molecule has 0 atom stereocenters. The Morgan fingerprint density at radius 3 is 1.50 bits per heavy atom. The number of carbonyl (C=O) groups is 2. The molecule has 0 aliphatic heterocycles. The Morgan fingerprint density at radius 1 is 0.917 bits per heavy atom. The van der Waals surface area contributed by atoms with Gasteiger partial charge in [-0.05, 0) is 10.5 Å². The maximum atomic E-state index is 9.81. The summed E-state index contributed by atoms with van der Waals surface area (Å²) in [6, 6.07) is 0. The lowest BCUT2D eigenvalue weighted by molar-refractivity contribution is -0.131. The van der Waals surface area contributed by atoms with E-state index in [1.807, 2.05) is 11.8 Å². The SMILES string of the molecule is O=C(O)C#CSSC#CC(=O)O. The molecule has 0 aromatic carbocycles. The predicted octanol–water partition coefficient (Wildman–Crippen LogP) is 0.459. The van der Waals surface area contributed by atoms with Crippen LogP contribution in [-0.4, -0.2) is 22.2 Å². The normalized spacial score (nSPS) is 7.00. The maximum Gasteiger partial charge on any atom is 0.382 e. The Labute approximate surface area is 76.1 Å². The van der Waals surface area contributed by atoms with Crippen LogP contribution in [-0.2, 0) is 9.59 Å². The van der Waals surface area contributed by atoms with Crippen molar-refractivity contribution in [1.29, 1.82) is 0 Å². The molecule has 0 aromatic rings. The highest BCUT2D eigenvalue weighted by molar-refractivity contribution is 8.80. The molecular weight excluding hydrogens is 200 g/mol. The molecule has 12 heavy (non-hydrogen) atoms. The summed E-state index contributed by atoms with van der Waals surface area (Å²) in [6.45, 7) is 0. The number of aliphatic carboxylic acids is 2. The van der Waals surface area contributed by atoms with E-state index in [0.717, 1.165) is 21.6 Å². The topological polar surface area (TPSA) is 74.6 Å². The Morgan fingerprint density at radius 2 is 1.25 bits per heavy atom. The zero-order valence-corrected chi connectivity index (χ0v) is 7.16. The minimum absolute atomic E-state index is 0.861. The molecule has 62 valence electrons. The van der Waals surface area contributed by atoms with E-state index in [2.05, 4.69) is 10.5 Å². The van der Waals surface area contributed by atoms with Crippen LogP contribution in [0, 0.1) is 22.3 Å². The van der Waals surface area contributed by atoms with Gasteiger partial charge in [-0.2, -0.15) is 0 Å². The fourth-order valence-electron chi connectivity index (χ4n) is 0.171. The standard InChI is InChI=1S/C6H2O4S2/c7-5(8)1-3-11-12-4-2-6(9)10/h(H,7,8)(H,9,10). The summed E-state index contributed by atoms with van der Waals surface area (Å²) >= 11 is 0. The summed E-state index contributed by atoms with van der Waals surface area (Å²) < 4.78 is 0. The first kappa shape index (κ1) is 10.8. The van der Waals surface area contributed by atoms with Gasteiger partial charge in [-0.25, -0.2) is 9.59 Å². The van der Waals surface area contributed by atoms with Crippen LogP contribution in [0.3, 0.4) is 0 Å². The van der Waals surface area contributed by atoms with Crippen LogP contribution < -0.4 is 0 Å². The average molecular weight is 202 g/mol. The first-order valence-corrected chi connectivity index (χ1v) is 4.58. The van der Waals surface area contributed by atoms with Crippen LogP contribution >= 0.6 is 21.6 Å². The van der Waals surface area contributed by atoms with Gasteiger partial charge < -0.3 is 10.2 Å². The fraction of sp³-hybridized carbons (Fsp3) is 0. The van der Waals surface area contributed by atoms with Crippen molar-refractivity contribution < 1.29 is 19.8 Å². The summed E-state index contributed by atoms with van der Waals surface area (Å²) in [7, 11) is 1.72. The van der Waals surface area contributed by atoms with E-state index < -0.39 is 11.9 Å². The van der Waals surface area contributed by atoms with Gasteiger partial charge in [0.2, 0.25) is 0 Å². The van der Waals surface area contributed by atoms with Gasteiger partial charge in [-0.3, -0.25) is 0 Å². The monoisotopic (exact) mass is 202 g/mol. The second-order valence-electron chi connectivity index (χ2n) is 1.23. The molecule has 0 unspecified atom stereocenters. The van der Waals surface area contributed by atoms with E-state index in [9.17, 15) is 9.59 Å². The van der Waals surface area contributed by atoms with Crippen LogP contribution in [0.2, 0.25) is 0 Å². The summed E-state index contributed by atoms with van der Waals surface area (Å²) in [5, 5.41) is 20.5. The summed E-state index contributed by atoms with van der Waals surface area (Å²) in [5.41, 5.74) is 0. The lowest BCUT2D eigenvalue weighted by atomic mass is 10.7. The number of hydrogen-bond donors (Lipinski definition) is 2. The van der Waals surface area contributed by atoms with Crippen molar-refractivity contribution in [3.8, 4) is 22.3 Å². The zero-order chi connectivity index (χ0) is 9.40. The molecule has 0 spiro atoms. The van der Waals surface area contributed by atoms with Gasteiger partial charge in [0.05, 0.1) is 0 Å². The second-order valence-corrected chi connectivity index (χ2v) is 2.97. The van der Waals surface area contributed by atoms with E-state index in [1.165, 1.54) is 0 Å². The van der Waals surface area contributed by atoms with Gasteiger partial charge in [-0.1, -0.05) is 0 Å². The maximum absolute atomic E-state index is 9.81. The molecule has 6 heteroatoms. The summed E-state index contributed by atoms with van der Waals surface area (Å²) in [4.78, 5) is 19.6. The molecule has 0 aromatic heterocycles. The highest BCUT2D eigenvalue weighted by Gasteiger charge is 1.84. The summed E-state index contributed by atoms with van der Waals surface area (Å²) in [5.74, 6) is 1.20. The van der Waals surface area contributed by atoms with E-state index in [0.29, 0.717) is 0 Å². The van der Waals surface area contributed by atoms with Crippen LogP contribution in [0.4, 0.5) is 0 Å².